The Morgan fingerprint density at radius 1 is 1.42 bits per heavy atom. The maximum atomic E-state index is 12.5. The maximum Gasteiger partial charge on any atom is 0.237 e. The van der Waals surface area contributed by atoms with Crippen LogP contribution in [-0.4, -0.2) is 58.5 Å². The number of amides is 1. The second-order valence-corrected chi connectivity index (χ2v) is 7.20. The Morgan fingerprint density at radius 3 is 2.92 bits per heavy atom. The molecule has 3 heterocycles. The van der Waals surface area contributed by atoms with Crippen LogP contribution in [0, 0.1) is 13.8 Å². The van der Waals surface area contributed by atoms with E-state index in [2.05, 4.69) is 33.0 Å². The van der Waals surface area contributed by atoms with Crippen LogP contribution in [0.15, 0.2) is 6.07 Å². The van der Waals surface area contributed by atoms with Gasteiger partial charge in [0.2, 0.25) is 5.91 Å². The number of rotatable bonds is 6. The molecule has 6 nitrogen and oxygen atoms in total. The van der Waals surface area contributed by atoms with Crippen molar-refractivity contribution in [1.29, 1.82) is 0 Å². The lowest BCUT2D eigenvalue weighted by molar-refractivity contribution is -0.126. The predicted octanol–water partition coefficient (Wildman–Crippen LogP) is 1.65. The van der Waals surface area contributed by atoms with Crippen LogP contribution in [0.2, 0.25) is 0 Å². The first kappa shape index (κ1) is 17.4. The molecule has 0 aromatic carbocycles. The lowest BCUT2D eigenvalue weighted by atomic mass is 10.1. The summed E-state index contributed by atoms with van der Waals surface area (Å²) in [6.07, 6.45) is 4.63. The molecular weight excluding hydrogens is 304 g/mol. The first-order chi connectivity index (χ1) is 11.5. The van der Waals surface area contributed by atoms with Gasteiger partial charge in [-0.3, -0.25) is 14.4 Å². The summed E-state index contributed by atoms with van der Waals surface area (Å²) in [4.78, 5) is 14.9. The average molecular weight is 334 g/mol. The highest BCUT2D eigenvalue weighted by atomic mass is 16.5. The fourth-order valence-electron chi connectivity index (χ4n) is 3.94. The van der Waals surface area contributed by atoms with Crippen molar-refractivity contribution in [2.45, 2.75) is 71.2 Å². The van der Waals surface area contributed by atoms with E-state index in [1.165, 1.54) is 5.69 Å². The van der Waals surface area contributed by atoms with E-state index in [1.807, 2.05) is 13.8 Å². The number of aromatic nitrogens is 2. The van der Waals surface area contributed by atoms with Crippen molar-refractivity contribution in [1.82, 2.24) is 20.0 Å². The number of hydrogen-bond acceptors (Lipinski definition) is 4. The van der Waals surface area contributed by atoms with Crippen LogP contribution in [0.1, 0.15) is 44.0 Å². The third-order valence-corrected chi connectivity index (χ3v) is 5.31. The van der Waals surface area contributed by atoms with Gasteiger partial charge >= 0.3 is 0 Å². The summed E-state index contributed by atoms with van der Waals surface area (Å²) in [6, 6.07) is 2.39. The van der Waals surface area contributed by atoms with Crippen LogP contribution in [0.3, 0.4) is 0 Å². The number of nitrogens with one attached hydrogen (secondary N) is 1. The minimum absolute atomic E-state index is 0.101. The van der Waals surface area contributed by atoms with E-state index >= 15 is 0 Å². The second-order valence-electron chi connectivity index (χ2n) is 7.20. The molecule has 3 atom stereocenters. The highest BCUT2D eigenvalue weighted by molar-refractivity contribution is 5.81. The largest absolute Gasteiger partial charge is 0.376 e. The molecule has 1 N–H and O–H groups in total. The number of carbonyl (C=O) groups is 1. The summed E-state index contributed by atoms with van der Waals surface area (Å²) < 4.78 is 7.66. The summed E-state index contributed by atoms with van der Waals surface area (Å²) >= 11 is 0. The number of aryl methyl sites for hydroxylation is 2. The van der Waals surface area contributed by atoms with Gasteiger partial charge in [0.25, 0.3) is 0 Å². The third-order valence-electron chi connectivity index (χ3n) is 5.31. The Labute approximate surface area is 144 Å². The van der Waals surface area contributed by atoms with Gasteiger partial charge in [-0.1, -0.05) is 0 Å². The smallest absolute Gasteiger partial charge is 0.237 e. The molecule has 2 aliphatic rings. The molecule has 1 aromatic heterocycles. The van der Waals surface area contributed by atoms with E-state index < -0.39 is 0 Å². The van der Waals surface area contributed by atoms with Gasteiger partial charge in [-0.15, -0.1) is 0 Å². The van der Waals surface area contributed by atoms with Crippen LogP contribution in [0.4, 0.5) is 0 Å². The minimum Gasteiger partial charge on any atom is -0.376 e. The van der Waals surface area contributed by atoms with E-state index in [9.17, 15) is 4.79 Å². The molecule has 0 spiro atoms. The normalized spacial score (nSPS) is 26.0. The molecule has 0 aliphatic carbocycles. The molecule has 0 saturated carbocycles. The molecular formula is C18H30N4O2. The van der Waals surface area contributed by atoms with Gasteiger partial charge in [-0.05, 0) is 59.1 Å². The number of likely N-dealkylation sites (tertiary alicyclic amines) is 1. The second kappa shape index (κ2) is 7.66. The van der Waals surface area contributed by atoms with Crippen molar-refractivity contribution in [3.63, 3.8) is 0 Å². The molecule has 2 saturated heterocycles. The zero-order valence-electron chi connectivity index (χ0n) is 15.1. The predicted molar refractivity (Wildman–Crippen MR) is 92.9 cm³/mol. The van der Waals surface area contributed by atoms with Gasteiger partial charge in [-0.25, -0.2) is 0 Å². The number of hydrogen-bond donors (Lipinski definition) is 1. The topological polar surface area (TPSA) is 59.4 Å². The van der Waals surface area contributed by atoms with Crippen molar-refractivity contribution in [3.05, 3.63) is 17.5 Å². The Bertz CT molecular complexity index is 565. The van der Waals surface area contributed by atoms with Crippen molar-refractivity contribution < 1.29 is 9.53 Å². The molecule has 0 radical (unpaired) electrons. The lowest BCUT2D eigenvalue weighted by Gasteiger charge is -2.30. The highest BCUT2D eigenvalue weighted by Gasteiger charge is 2.32. The Kier molecular flexibility index (Phi) is 5.56. The SMILES string of the molecule is Cc1cc(C)n(CC2CCCN2C(C)C(=O)NCC2CCCO2)n1. The van der Waals surface area contributed by atoms with Gasteiger partial charge < -0.3 is 10.1 Å². The number of nitrogens with zero attached hydrogens (tertiary/aromatic N) is 3. The Morgan fingerprint density at radius 2 is 2.25 bits per heavy atom. The van der Waals surface area contributed by atoms with Gasteiger partial charge in [0.1, 0.15) is 0 Å². The van der Waals surface area contributed by atoms with Crippen molar-refractivity contribution in [3.8, 4) is 0 Å². The summed E-state index contributed by atoms with van der Waals surface area (Å²) in [5.74, 6) is 0.116. The monoisotopic (exact) mass is 334 g/mol. The first-order valence-corrected chi connectivity index (χ1v) is 9.20. The van der Waals surface area contributed by atoms with E-state index in [-0.39, 0.29) is 18.1 Å². The van der Waals surface area contributed by atoms with Gasteiger partial charge in [-0.2, -0.15) is 5.10 Å². The van der Waals surface area contributed by atoms with Crippen LogP contribution in [0.25, 0.3) is 0 Å². The standard InChI is InChI=1S/C18H30N4O2/c1-13-10-14(2)22(20-13)12-16-6-4-8-21(16)15(3)18(23)19-11-17-7-5-9-24-17/h10,15-17H,4-9,11-12H2,1-3H3,(H,19,23). The van der Waals surface area contributed by atoms with Crippen LogP contribution in [-0.2, 0) is 16.1 Å². The molecule has 0 bridgehead atoms. The van der Waals surface area contributed by atoms with Crippen LogP contribution in [0.5, 0.6) is 0 Å². The van der Waals surface area contributed by atoms with Gasteiger partial charge in [0.15, 0.2) is 0 Å². The molecule has 3 rings (SSSR count). The molecule has 1 amide bonds. The maximum absolute atomic E-state index is 12.5. The molecule has 1 aromatic rings. The average Bonchev–Trinajstić information content (AvgIpc) is 3.27. The Balaban J connectivity index is 1.55. The molecule has 24 heavy (non-hydrogen) atoms. The van der Waals surface area contributed by atoms with E-state index in [0.29, 0.717) is 12.6 Å². The van der Waals surface area contributed by atoms with Gasteiger partial charge in [0, 0.05) is 24.9 Å². The lowest BCUT2D eigenvalue weighted by Crippen LogP contribution is -2.49. The molecule has 6 heteroatoms. The zero-order valence-corrected chi connectivity index (χ0v) is 15.1. The van der Waals surface area contributed by atoms with Crippen LogP contribution < -0.4 is 5.32 Å². The molecule has 3 unspecified atom stereocenters. The third kappa shape index (κ3) is 3.98. The number of ether oxygens (including phenoxy) is 1. The van der Waals surface area contributed by atoms with E-state index in [1.54, 1.807) is 0 Å². The van der Waals surface area contributed by atoms with Crippen molar-refractivity contribution in [2.75, 3.05) is 19.7 Å². The summed E-state index contributed by atoms with van der Waals surface area (Å²) in [5, 5.41) is 7.65. The Hall–Kier alpha value is -1.40. The summed E-state index contributed by atoms with van der Waals surface area (Å²) in [5.41, 5.74) is 2.24. The molecule has 2 aliphatic heterocycles. The zero-order chi connectivity index (χ0) is 17.1. The van der Waals surface area contributed by atoms with E-state index in [4.69, 9.17) is 4.74 Å². The van der Waals surface area contributed by atoms with Gasteiger partial charge in [0.05, 0.1) is 24.4 Å². The molecule has 2 fully saturated rings. The highest BCUT2D eigenvalue weighted by Crippen LogP contribution is 2.22. The fourth-order valence-corrected chi connectivity index (χ4v) is 3.94. The van der Waals surface area contributed by atoms with Crippen molar-refractivity contribution >= 4 is 5.91 Å². The van der Waals surface area contributed by atoms with Crippen LogP contribution >= 0.6 is 0 Å². The number of carbonyl (C=O) groups excluding carboxylic acids is 1. The first-order valence-electron chi connectivity index (χ1n) is 9.20. The fraction of sp³-hybridized carbons (Fsp3) is 0.778. The van der Waals surface area contributed by atoms with Crippen molar-refractivity contribution in [2.24, 2.45) is 0 Å². The summed E-state index contributed by atoms with van der Waals surface area (Å²) in [6.45, 7) is 9.45. The quantitative estimate of drug-likeness (QED) is 0.859. The minimum atomic E-state index is -0.101. The molecule has 134 valence electrons. The summed E-state index contributed by atoms with van der Waals surface area (Å²) in [7, 11) is 0. The van der Waals surface area contributed by atoms with E-state index in [0.717, 1.165) is 51.1 Å².